The lowest BCUT2D eigenvalue weighted by Gasteiger charge is -2.38. The molecule has 1 aliphatic heterocycles. The van der Waals surface area contributed by atoms with Gasteiger partial charge < -0.3 is 4.74 Å². The maximum atomic E-state index is 13.0. The summed E-state index contributed by atoms with van der Waals surface area (Å²) in [4.78, 5) is 27.9. The molecule has 4 nitrogen and oxygen atoms in total. The van der Waals surface area contributed by atoms with E-state index in [0.29, 0.717) is 18.5 Å². The van der Waals surface area contributed by atoms with Gasteiger partial charge in [0.1, 0.15) is 6.10 Å². The molecule has 2 aromatic carbocycles. The Hall–Kier alpha value is -2.20. The van der Waals surface area contributed by atoms with Crippen molar-refractivity contribution in [2.45, 2.75) is 65.6 Å². The number of Topliss-reactive ketones (excluding diaryl/α,β-unsaturated/α-hetero) is 1. The minimum absolute atomic E-state index is 0.171. The summed E-state index contributed by atoms with van der Waals surface area (Å²) in [5, 5.41) is 2.11. The highest BCUT2D eigenvalue weighted by atomic mass is 16.5. The van der Waals surface area contributed by atoms with Crippen molar-refractivity contribution in [3.05, 3.63) is 48.0 Å². The topological polar surface area (TPSA) is 46.6 Å². The molecule has 3 rings (SSSR count). The number of benzene rings is 2. The number of hydrogen-bond donors (Lipinski definition) is 0. The highest BCUT2D eigenvalue weighted by Crippen LogP contribution is 2.33. The lowest BCUT2D eigenvalue weighted by Crippen LogP contribution is -2.50. The third kappa shape index (κ3) is 4.27. The molecule has 0 N–H and O–H groups in total. The molecule has 1 heterocycles. The maximum absolute atomic E-state index is 13.0. The lowest BCUT2D eigenvalue weighted by molar-refractivity contribution is -0.132. The van der Waals surface area contributed by atoms with E-state index in [9.17, 15) is 9.59 Å². The van der Waals surface area contributed by atoms with Crippen molar-refractivity contribution in [2.75, 3.05) is 6.54 Å². The molecule has 1 fully saturated rings. The zero-order valence-electron chi connectivity index (χ0n) is 17.8. The first-order valence-electron chi connectivity index (χ1n) is 9.97. The predicted molar refractivity (Wildman–Crippen MR) is 112 cm³/mol. The van der Waals surface area contributed by atoms with Gasteiger partial charge in [0, 0.05) is 23.9 Å². The highest BCUT2D eigenvalue weighted by Gasteiger charge is 2.45. The van der Waals surface area contributed by atoms with Crippen molar-refractivity contribution in [1.29, 1.82) is 0 Å². The van der Waals surface area contributed by atoms with Crippen molar-refractivity contribution in [2.24, 2.45) is 5.41 Å². The Morgan fingerprint density at radius 3 is 2.21 bits per heavy atom. The molecule has 0 saturated carbocycles. The maximum Gasteiger partial charge on any atom is 0.338 e. The summed E-state index contributed by atoms with van der Waals surface area (Å²) in [6, 6.07) is 13.3. The minimum atomic E-state index is -0.425. The standard InChI is InChI=1S/C24H31NO3/c1-23(2,3)21(26)20-14-19(15-25(20)24(4,5)6)28-22(27)18-12-11-16-9-7-8-10-17(16)13-18/h7-13,19-20H,14-15H2,1-6H3. The number of likely N-dealkylation sites (tertiary alicyclic amines) is 1. The molecule has 4 heteroatoms. The monoisotopic (exact) mass is 381 g/mol. The van der Waals surface area contributed by atoms with Crippen LogP contribution in [0.5, 0.6) is 0 Å². The Morgan fingerprint density at radius 1 is 0.964 bits per heavy atom. The third-order valence-corrected chi connectivity index (χ3v) is 5.43. The molecule has 2 aromatic rings. The van der Waals surface area contributed by atoms with Crippen LogP contribution in [0.15, 0.2) is 42.5 Å². The number of hydrogen-bond acceptors (Lipinski definition) is 4. The highest BCUT2D eigenvalue weighted by molar-refractivity contribution is 5.95. The number of fused-ring (bicyclic) bond motifs is 1. The predicted octanol–water partition coefficient (Wildman–Crippen LogP) is 4.85. The van der Waals surface area contributed by atoms with Crippen LogP contribution in [0.3, 0.4) is 0 Å². The molecule has 0 spiro atoms. The second-order valence-corrected chi connectivity index (χ2v) is 9.78. The van der Waals surface area contributed by atoms with Crippen molar-refractivity contribution in [1.82, 2.24) is 4.90 Å². The number of carbonyl (C=O) groups is 2. The fourth-order valence-corrected chi connectivity index (χ4v) is 3.91. The van der Waals surface area contributed by atoms with Crippen LogP contribution < -0.4 is 0 Å². The van der Waals surface area contributed by atoms with Crippen LogP contribution in [0.1, 0.15) is 58.3 Å². The molecule has 0 aromatic heterocycles. The fourth-order valence-electron chi connectivity index (χ4n) is 3.91. The number of ether oxygens (including phenoxy) is 1. The summed E-state index contributed by atoms with van der Waals surface area (Å²) in [6.07, 6.45) is 0.265. The van der Waals surface area contributed by atoms with Gasteiger partial charge in [0.2, 0.25) is 0 Å². The summed E-state index contributed by atoms with van der Waals surface area (Å²) in [6.45, 7) is 12.7. The molecule has 2 atom stereocenters. The van der Waals surface area contributed by atoms with E-state index in [1.165, 1.54) is 0 Å². The first kappa shape index (κ1) is 20.5. The molecule has 0 amide bonds. The summed E-state index contributed by atoms with van der Waals surface area (Å²) in [5.41, 5.74) is -0.0484. The number of ketones is 1. The molecule has 0 bridgehead atoms. The Balaban J connectivity index is 1.78. The molecule has 0 aliphatic carbocycles. The average Bonchev–Trinajstić information content (AvgIpc) is 3.03. The van der Waals surface area contributed by atoms with Crippen molar-refractivity contribution in [3.63, 3.8) is 0 Å². The average molecular weight is 382 g/mol. The quantitative estimate of drug-likeness (QED) is 0.713. The second-order valence-electron chi connectivity index (χ2n) is 9.78. The first-order valence-corrected chi connectivity index (χ1v) is 9.97. The fraction of sp³-hybridized carbons (Fsp3) is 0.500. The number of rotatable bonds is 3. The Kier molecular flexibility index (Phi) is 5.37. The molecule has 0 radical (unpaired) electrons. The third-order valence-electron chi connectivity index (χ3n) is 5.43. The number of nitrogens with zero attached hydrogens (tertiary/aromatic N) is 1. The molecule has 2 unspecified atom stereocenters. The molecule has 150 valence electrons. The van der Waals surface area contributed by atoms with E-state index in [2.05, 4.69) is 25.7 Å². The summed E-state index contributed by atoms with van der Waals surface area (Å²) in [5.74, 6) is -0.125. The van der Waals surface area contributed by atoms with Crippen LogP contribution in [-0.4, -0.2) is 40.9 Å². The minimum Gasteiger partial charge on any atom is -0.457 e. The summed E-state index contributed by atoms with van der Waals surface area (Å²) in [7, 11) is 0. The van der Waals surface area contributed by atoms with Gasteiger partial charge in [0.25, 0.3) is 0 Å². The molecule has 28 heavy (non-hydrogen) atoms. The van der Waals surface area contributed by atoms with E-state index < -0.39 is 5.41 Å². The largest absolute Gasteiger partial charge is 0.457 e. The first-order chi connectivity index (χ1) is 13.0. The van der Waals surface area contributed by atoms with E-state index in [0.717, 1.165) is 10.8 Å². The van der Waals surface area contributed by atoms with Gasteiger partial charge in [-0.05, 0) is 43.7 Å². The van der Waals surface area contributed by atoms with Crippen molar-refractivity contribution >= 4 is 22.5 Å². The van der Waals surface area contributed by atoms with Crippen LogP contribution in [0, 0.1) is 5.41 Å². The zero-order valence-corrected chi connectivity index (χ0v) is 17.8. The molecule has 1 aliphatic rings. The van der Waals surface area contributed by atoms with Gasteiger partial charge in [0.05, 0.1) is 11.6 Å². The van der Waals surface area contributed by atoms with E-state index in [-0.39, 0.29) is 29.4 Å². The van der Waals surface area contributed by atoms with E-state index in [1.54, 1.807) is 6.07 Å². The van der Waals surface area contributed by atoms with Gasteiger partial charge in [0.15, 0.2) is 5.78 Å². The number of esters is 1. The SMILES string of the molecule is CC(C)(C)C(=O)C1CC(OC(=O)c2ccc3ccccc3c2)CN1C(C)(C)C. The van der Waals surface area contributed by atoms with Gasteiger partial charge in [-0.3, -0.25) is 9.69 Å². The van der Waals surface area contributed by atoms with Gasteiger partial charge >= 0.3 is 5.97 Å². The normalized spacial score (nSPS) is 21.1. The van der Waals surface area contributed by atoms with Crippen LogP contribution in [0.4, 0.5) is 0 Å². The van der Waals surface area contributed by atoms with Gasteiger partial charge in [-0.1, -0.05) is 51.1 Å². The van der Waals surface area contributed by atoms with Gasteiger partial charge in [-0.25, -0.2) is 4.79 Å². The summed E-state index contributed by atoms with van der Waals surface area (Å²) < 4.78 is 5.83. The van der Waals surface area contributed by atoms with Gasteiger partial charge in [-0.15, -0.1) is 0 Å². The Morgan fingerprint density at radius 2 is 1.61 bits per heavy atom. The lowest BCUT2D eigenvalue weighted by atomic mass is 9.84. The molecule has 1 saturated heterocycles. The zero-order chi connectivity index (χ0) is 20.7. The summed E-state index contributed by atoms with van der Waals surface area (Å²) >= 11 is 0. The van der Waals surface area contributed by atoms with E-state index >= 15 is 0 Å². The van der Waals surface area contributed by atoms with Gasteiger partial charge in [-0.2, -0.15) is 0 Å². The van der Waals surface area contributed by atoms with E-state index in [4.69, 9.17) is 4.74 Å². The van der Waals surface area contributed by atoms with Crippen molar-refractivity contribution < 1.29 is 14.3 Å². The smallest absolute Gasteiger partial charge is 0.338 e. The van der Waals surface area contributed by atoms with E-state index in [1.807, 2.05) is 57.2 Å². The Bertz CT molecular complexity index is 889. The molecular formula is C24H31NO3. The van der Waals surface area contributed by atoms with Crippen LogP contribution in [-0.2, 0) is 9.53 Å². The number of carbonyl (C=O) groups excluding carboxylic acids is 2. The van der Waals surface area contributed by atoms with Crippen molar-refractivity contribution in [3.8, 4) is 0 Å². The van der Waals surface area contributed by atoms with Crippen LogP contribution >= 0.6 is 0 Å². The Labute approximate surface area is 167 Å². The van der Waals surface area contributed by atoms with Crippen LogP contribution in [0.2, 0.25) is 0 Å². The van der Waals surface area contributed by atoms with Crippen LogP contribution in [0.25, 0.3) is 10.8 Å². The second kappa shape index (κ2) is 7.32. The molecular weight excluding hydrogens is 350 g/mol.